The highest BCUT2D eigenvalue weighted by molar-refractivity contribution is 7.92. The van der Waals surface area contributed by atoms with E-state index in [1.807, 2.05) is 0 Å². The molecule has 0 spiro atoms. The number of sulfone groups is 1. The van der Waals surface area contributed by atoms with Gasteiger partial charge in [-0.3, -0.25) is 4.79 Å². The van der Waals surface area contributed by atoms with Crippen molar-refractivity contribution >= 4 is 15.7 Å². The maximum Gasteiger partial charge on any atom is 0.238 e. The van der Waals surface area contributed by atoms with Crippen LogP contribution in [0.3, 0.4) is 0 Å². The van der Waals surface area contributed by atoms with E-state index >= 15 is 0 Å². The molecule has 1 aromatic heterocycles. The van der Waals surface area contributed by atoms with E-state index in [9.17, 15) is 17.6 Å². The fourth-order valence-electron chi connectivity index (χ4n) is 3.85. The largest absolute Gasteiger partial charge is 0.339 e. The van der Waals surface area contributed by atoms with Crippen molar-refractivity contribution in [3.05, 3.63) is 24.1 Å². The van der Waals surface area contributed by atoms with Crippen LogP contribution in [-0.4, -0.2) is 42.5 Å². The summed E-state index contributed by atoms with van der Waals surface area (Å²) in [4.78, 5) is 17.9. The van der Waals surface area contributed by atoms with Crippen LogP contribution < -0.4 is 0 Å². The molecular weight excluding hydrogens is 319 g/mol. The fraction of sp³-hybridized carbons (Fsp3) is 0.625. The number of carbonyl (C=O) groups excluding carboxylic acids is 1. The first-order chi connectivity index (χ1) is 11.0. The second kappa shape index (κ2) is 6.55. The van der Waals surface area contributed by atoms with Crippen LogP contribution in [0.15, 0.2) is 23.4 Å². The minimum Gasteiger partial charge on any atom is -0.339 e. The van der Waals surface area contributed by atoms with Gasteiger partial charge in [-0.15, -0.1) is 0 Å². The zero-order valence-corrected chi connectivity index (χ0v) is 13.8. The number of piperidine rings is 1. The first-order valence-electron chi connectivity index (χ1n) is 8.12. The summed E-state index contributed by atoms with van der Waals surface area (Å²) < 4.78 is 38.3. The van der Waals surface area contributed by atoms with E-state index in [4.69, 9.17) is 0 Å². The fourth-order valence-corrected chi connectivity index (χ4v) is 5.06. The summed E-state index contributed by atoms with van der Waals surface area (Å²) in [5.41, 5.74) is 0. The number of nitrogens with zero attached hydrogens (tertiary/aromatic N) is 2. The Morgan fingerprint density at radius 2 is 2.00 bits per heavy atom. The molecule has 7 heteroatoms. The smallest absolute Gasteiger partial charge is 0.238 e. The van der Waals surface area contributed by atoms with Gasteiger partial charge in [0, 0.05) is 18.8 Å². The summed E-state index contributed by atoms with van der Waals surface area (Å²) in [6.45, 7) is 0.597. The van der Waals surface area contributed by atoms with Gasteiger partial charge < -0.3 is 4.90 Å². The molecule has 126 valence electrons. The van der Waals surface area contributed by atoms with E-state index in [2.05, 4.69) is 4.98 Å². The van der Waals surface area contributed by atoms with Crippen molar-refractivity contribution in [3.8, 4) is 0 Å². The third kappa shape index (κ3) is 3.39. The molecule has 0 bridgehead atoms. The average molecular weight is 340 g/mol. The number of hydrogen-bond donors (Lipinski definition) is 0. The van der Waals surface area contributed by atoms with E-state index in [0.29, 0.717) is 12.5 Å². The van der Waals surface area contributed by atoms with E-state index in [0.717, 1.165) is 38.2 Å². The number of aromatic nitrogens is 1. The van der Waals surface area contributed by atoms with Crippen molar-refractivity contribution in [1.29, 1.82) is 0 Å². The van der Waals surface area contributed by atoms with Gasteiger partial charge in [0.25, 0.3) is 0 Å². The average Bonchev–Trinajstić information content (AvgIpc) is 2.54. The van der Waals surface area contributed by atoms with Crippen molar-refractivity contribution in [1.82, 2.24) is 9.88 Å². The summed E-state index contributed by atoms with van der Waals surface area (Å²) >= 11 is 0. The Balaban J connectivity index is 1.77. The highest BCUT2D eigenvalue weighted by Gasteiger charge is 2.37. The second-order valence-corrected chi connectivity index (χ2v) is 8.30. The molecule has 0 aromatic carbocycles. The molecule has 0 radical (unpaired) electrons. The predicted octanol–water partition coefficient (Wildman–Crippen LogP) is 2.18. The zero-order chi connectivity index (χ0) is 16.4. The van der Waals surface area contributed by atoms with Gasteiger partial charge in [0.2, 0.25) is 15.7 Å². The van der Waals surface area contributed by atoms with Gasteiger partial charge in [0.15, 0.2) is 10.8 Å². The normalized spacial score (nSPS) is 25.0. The van der Waals surface area contributed by atoms with Gasteiger partial charge in [0.05, 0.1) is 0 Å². The third-order valence-electron chi connectivity index (χ3n) is 4.90. The number of halogens is 1. The highest BCUT2D eigenvalue weighted by atomic mass is 32.2. The standard InChI is InChI=1S/C16H21FN2O3S/c17-13-7-3-9-18-16(13)23(21,22)11-15(20)19-10-4-6-12-5-1-2-8-14(12)19/h3,7,9,12,14H,1-2,4-6,8,10-11H2. The Bertz CT molecular complexity index is 690. The molecule has 2 fully saturated rings. The maximum absolute atomic E-state index is 13.7. The van der Waals surface area contributed by atoms with E-state index < -0.39 is 32.3 Å². The molecule has 3 rings (SSSR count). The Morgan fingerprint density at radius 3 is 2.78 bits per heavy atom. The van der Waals surface area contributed by atoms with Crippen LogP contribution in [0.25, 0.3) is 0 Å². The lowest BCUT2D eigenvalue weighted by molar-refractivity contribution is -0.134. The molecule has 2 aliphatic rings. The van der Waals surface area contributed by atoms with Crippen LogP contribution in [0.5, 0.6) is 0 Å². The van der Waals surface area contributed by atoms with Crippen LogP contribution in [0.4, 0.5) is 4.39 Å². The van der Waals surface area contributed by atoms with Crippen LogP contribution in [-0.2, 0) is 14.6 Å². The Labute approximate surface area is 135 Å². The molecular formula is C16H21FN2O3S. The van der Waals surface area contributed by atoms with Gasteiger partial charge in [-0.05, 0) is 43.7 Å². The van der Waals surface area contributed by atoms with Crippen molar-refractivity contribution in [2.45, 2.75) is 49.6 Å². The molecule has 2 heterocycles. The second-order valence-electron chi connectivity index (χ2n) is 6.39. The van der Waals surface area contributed by atoms with Crippen molar-refractivity contribution in [2.75, 3.05) is 12.3 Å². The first-order valence-corrected chi connectivity index (χ1v) is 9.77. The van der Waals surface area contributed by atoms with Gasteiger partial charge in [-0.25, -0.2) is 17.8 Å². The maximum atomic E-state index is 13.7. The molecule has 1 aromatic rings. The molecule has 2 atom stereocenters. The number of pyridine rings is 1. The highest BCUT2D eigenvalue weighted by Crippen LogP contribution is 2.35. The number of fused-ring (bicyclic) bond motifs is 1. The number of carbonyl (C=O) groups is 1. The van der Waals surface area contributed by atoms with Crippen molar-refractivity contribution < 1.29 is 17.6 Å². The summed E-state index contributed by atoms with van der Waals surface area (Å²) in [7, 11) is -4.05. The lowest BCUT2D eigenvalue weighted by atomic mass is 9.78. The summed E-state index contributed by atoms with van der Waals surface area (Å²) in [5.74, 6) is -1.55. The van der Waals surface area contributed by atoms with Crippen LogP contribution in [0, 0.1) is 11.7 Å². The summed E-state index contributed by atoms with van der Waals surface area (Å²) in [6, 6.07) is 2.52. The SMILES string of the molecule is O=C(CS(=O)(=O)c1ncccc1F)N1CCCC2CCCCC21. The number of likely N-dealkylation sites (tertiary alicyclic amines) is 1. The number of hydrogen-bond acceptors (Lipinski definition) is 4. The van der Waals surface area contributed by atoms with Gasteiger partial charge in [-0.1, -0.05) is 12.8 Å². The predicted molar refractivity (Wildman–Crippen MR) is 82.9 cm³/mol. The van der Waals surface area contributed by atoms with Crippen molar-refractivity contribution in [2.24, 2.45) is 5.92 Å². The quantitative estimate of drug-likeness (QED) is 0.846. The lowest BCUT2D eigenvalue weighted by Gasteiger charge is -2.44. The Hall–Kier alpha value is -1.50. The van der Waals surface area contributed by atoms with Crippen molar-refractivity contribution in [3.63, 3.8) is 0 Å². The topological polar surface area (TPSA) is 67.3 Å². The number of amides is 1. The Morgan fingerprint density at radius 1 is 1.26 bits per heavy atom. The van der Waals surface area contributed by atoms with E-state index in [-0.39, 0.29) is 6.04 Å². The minimum absolute atomic E-state index is 0.147. The minimum atomic E-state index is -4.05. The molecule has 1 aliphatic carbocycles. The molecule has 5 nitrogen and oxygen atoms in total. The molecule has 1 saturated heterocycles. The molecule has 1 saturated carbocycles. The number of rotatable bonds is 3. The van der Waals surface area contributed by atoms with E-state index in [1.165, 1.54) is 18.7 Å². The van der Waals surface area contributed by atoms with Crippen LogP contribution in [0.1, 0.15) is 38.5 Å². The first kappa shape index (κ1) is 16.4. The van der Waals surface area contributed by atoms with Crippen LogP contribution >= 0.6 is 0 Å². The Kier molecular flexibility index (Phi) is 4.66. The summed E-state index contributed by atoms with van der Waals surface area (Å²) in [5, 5.41) is -0.634. The van der Waals surface area contributed by atoms with Gasteiger partial charge in [0.1, 0.15) is 5.75 Å². The third-order valence-corrected chi connectivity index (χ3v) is 6.41. The molecule has 0 N–H and O–H groups in total. The van der Waals surface area contributed by atoms with Gasteiger partial charge in [-0.2, -0.15) is 0 Å². The molecule has 1 amide bonds. The summed E-state index contributed by atoms with van der Waals surface area (Å²) in [6.07, 6.45) is 7.54. The monoisotopic (exact) mass is 340 g/mol. The molecule has 23 heavy (non-hydrogen) atoms. The van der Waals surface area contributed by atoms with Gasteiger partial charge >= 0.3 is 0 Å². The molecule has 1 aliphatic heterocycles. The zero-order valence-electron chi connectivity index (χ0n) is 12.9. The molecule has 2 unspecified atom stereocenters. The van der Waals surface area contributed by atoms with Crippen LogP contribution in [0.2, 0.25) is 0 Å². The van der Waals surface area contributed by atoms with E-state index in [1.54, 1.807) is 4.90 Å². The lowest BCUT2D eigenvalue weighted by Crippen LogP contribution is -2.51.